The van der Waals surface area contributed by atoms with Crippen LogP contribution in [0.2, 0.25) is 0 Å². The molecule has 3 rings (SSSR count). The van der Waals surface area contributed by atoms with E-state index in [0.29, 0.717) is 6.42 Å². The molecule has 116 valence electrons. The number of benzene rings is 1. The maximum Gasteiger partial charge on any atom is 0.240 e. The molecule has 1 aliphatic heterocycles. The highest BCUT2D eigenvalue weighted by molar-refractivity contribution is 6.23. The van der Waals surface area contributed by atoms with E-state index >= 15 is 0 Å². The minimum atomic E-state index is -0.0840. The van der Waals surface area contributed by atoms with Gasteiger partial charge in [0.1, 0.15) is 0 Å². The lowest BCUT2D eigenvalue weighted by molar-refractivity contribution is -0.122. The van der Waals surface area contributed by atoms with Gasteiger partial charge in [-0.15, -0.1) is 11.6 Å². The Balaban J connectivity index is 1.68. The molecular formula is C16H18ClN3O2. The van der Waals surface area contributed by atoms with E-state index in [1.54, 1.807) is 0 Å². The zero-order chi connectivity index (χ0) is 15.7. The number of hydrogen-bond donors (Lipinski definition) is 2. The van der Waals surface area contributed by atoms with Gasteiger partial charge in [0.05, 0.1) is 11.6 Å². The first kappa shape index (κ1) is 15.0. The summed E-state index contributed by atoms with van der Waals surface area (Å²) in [6.45, 7) is 1.98. The van der Waals surface area contributed by atoms with Gasteiger partial charge < -0.3 is 5.32 Å². The number of anilines is 1. The molecule has 1 heterocycles. The van der Waals surface area contributed by atoms with E-state index in [2.05, 4.69) is 15.8 Å². The zero-order valence-electron chi connectivity index (χ0n) is 12.3. The molecule has 3 atom stereocenters. The van der Waals surface area contributed by atoms with Crippen LogP contribution in [0.5, 0.6) is 0 Å². The van der Waals surface area contributed by atoms with Gasteiger partial charge in [-0.05, 0) is 30.5 Å². The molecule has 1 saturated carbocycles. The molecule has 3 unspecified atom stereocenters. The van der Waals surface area contributed by atoms with Crippen molar-refractivity contribution in [2.75, 3.05) is 5.32 Å². The minimum absolute atomic E-state index is 0.0189. The first-order valence-corrected chi connectivity index (χ1v) is 7.90. The van der Waals surface area contributed by atoms with Crippen molar-refractivity contribution in [3.05, 3.63) is 29.8 Å². The van der Waals surface area contributed by atoms with Gasteiger partial charge in [0.25, 0.3) is 0 Å². The van der Waals surface area contributed by atoms with Crippen molar-refractivity contribution in [2.45, 2.75) is 31.6 Å². The number of hydrogen-bond acceptors (Lipinski definition) is 3. The van der Waals surface area contributed by atoms with Crippen molar-refractivity contribution in [2.24, 2.45) is 16.9 Å². The second kappa shape index (κ2) is 6.08. The van der Waals surface area contributed by atoms with E-state index in [4.69, 9.17) is 11.6 Å². The van der Waals surface area contributed by atoms with Crippen LogP contribution in [0.4, 0.5) is 5.69 Å². The lowest BCUT2D eigenvalue weighted by Crippen LogP contribution is -2.37. The van der Waals surface area contributed by atoms with Crippen molar-refractivity contribution in [1.82, 2.24) is 5.43 Å². The third-order valence-electron chi connectivity index (χ3n) is 4.23. The van der Waals surface area contributed by atoms with Crippen molar-refractivity contribution in [3.8, 4) is 0 Å². The Bertz CT molecular complexity index is 627. The molecule has 2 aliphatic rings. The predicted molar refractivity (Wildman–Crippen MR) is 85.9 cm³/mol. The molecule has 0 bridgehead atoms. The lowest BCUT2D eigenvalue weighted by Gasteiger charge is -2.30. The van der Waals surface area contributed by atoms with Crippen LogP contribution in [0.3, 0.4) is 0 Å². The third kappa shape index (κ3) is 2.99. The first-order valence-electron chi connectivity index (χ1n) is 7.46. The number of alkyl halides is 1. The molecule has 2 N–H and O–H groups in total. The van der Waals surface area contributed by atoms with Gasteiger partial charge >= 0.3 is 0 Å². The Hall–Kier alpha value is -1.88. The highest BCUT2D eigenvalue weighted by Crippen LogP contribution is 2.33. The molecule has 0 spiro atoms. The average molecular weight is 320 g/mol. The van der Waals surface area contributed by atoms with E-state index in [-0.39, 0.29) is 29.0 Å². The highest BCUT2D eigenvalue weighted by Gasteiger charge is 2.35. The van der Waals surface area contributed by atoms with Crippen LogP contribution < -0.4 is 10.7 Å². The summed E-state index contributed by atoms with van der Waals surface area (Å²) in [5, 5.41) is 6.97. The van der Waals surface area contributed by atoms with Crippen LogP contribution in [0.25, 0.3) is 0 Å². The molecule has 1 fully saturated rings. The Morgan fingerprint density at radius 3 is 2.59 bits per heavy atom. The fourth-order valence-electron chi connectivity index (χ4n) is 2.72. The summed E-state index contributed by atoms with van der Waals surface area (Å²) in [5.74, 6) is -0.0774. The molecule has 1 aromatic carbocycles. The summed E-state index contributed by atoms with van der Waals surface area (Å²) >= 11 is 6.02. The summed E-state index contributed by atoms with van der Waals surface area (Å²) in [6, 6.07) is 7.50. The second-order valence-corrected chi connectivity index (χ2v) is 6.46. The smallest absolute Gasteiger partial charge is 0.240 e. The normalized spacial score (nSPS) is 27.5. The van der Waals surface area contributed by atoms with Crippen LogP contribution in [0.15, 0.2) is 29.4 Å². The summed E-state index contributed by atoms with van der Waals surface area (Å²) in [5.41, 5.74) is 5.06. The summed E-state index contributed by atoms with van der Waals surface area (Å²) in [4.78, 5) is 23.3. The Kier molecular flexibility index (Phi) is 4.16. The molecule has 5 nitrogen and oxygen atoms in total. The Morgan fingerprint density at radius 1 is 1.32 bits per heavy atom. The largest absolute Gasteiger partial charge is 0.326 e. The third-order valence-corrected chi connectivity index (χ3v) is 4.76. The summed E-state index contributed by atoms with van der Waals surface area (Å²) < 4.78 is 0. The van der Waals surface area contributed by atoms with E-state index in [0.717, 1.165) is 29.8 Å². The van der Waals surface area contributed by atoms with E-state index in [1.165, 1.54) is 0 Å². The molecule has 1 aromatic rings. The van der Waals surface area contributed by atoms with E-state index in [9.17, 15) is 9.59 Å². The van der Waals surface area contributed by atoms with Crippen molar-refractivity contribution in [1.29, 1.82) is 0 Å². The van der Waals surface area contributed by atoms with Gasteiger partial charge in [-0.25, -0.2) is 5.43 Å². The highest BCUT2D eigenvalue weighted by atomic mass is 35.5. The van der Waals surface area contributed by atoms with Crippen LogP contribution in [0, 0.1) is 11.8 Å². The molecular weight excluding hydrogens is 302 g/mol. The number of rotatable bonds is 3. The Morgan fingerprint density at radius 2 is 2.05 bits per heavy atom. The van der Waals surface area contributed by atoms with Crippen molar-refractivity contribution >= 4 is 34.8 Å². The average Bonchev–Trinajstić information content (AvgIpc) is 2.47. The first-order chi connectivity index (χ1) is 10.5. The number of amides is 2. The van der Waals surface area contributed by atoms with E-state index < -0.39 is 0 Å². The molecule has 6 heteroatoms. The molecule has 0 radical (unpaired) electrons. The summed E-state index contributed by atoms with van der Waals surface area (Å²) in [6.07, 6.45) is 2.20. The SMILES string of the molecule is CC1CC(=O)NN=C1c1ccc(NC(=O)C2CCC2Cl)cc1. The van der Waals surface area contributed by atoms with E-state index in [1.807, 2.05) is 31.2 Å². The lowest BCUT2D eigenvalue weighted by atomic mass is 9.84. The molecule has 0 saturated heterocycles. The van der Waals surface area contributed by atoms with Gasteiger partial charge in [-0.3, -0.25) is 9.59 Å². The number of halogens is 1. The number of hydrazone groups is 1. The molecule has 0 aromatic heterocycles. The van der Waals surface area contributed by atoms with Gasteiger partial charge in [0.15, 0.2) is 0 Å². The Labute approximate surface area is 134 Å². The van der Waals surface area contributed by atoms with Crippen molar-refractivity contribution < 1.29 is 9.59 Å². The number of carbonyl (C=O) groups is 2. The van der Waals surface area contributed by atoms with Crippen LogP contribution >= 0.6 is 11.6 Å². The molecule has 1 aliphatic carbocycles. The fraction of sp³-hybridized carbons (Fsp3) is 0.438. The monoisotopic (exact) mass is 319 g/mol. The molecule has 22 heavy (non-hydrogen) atoms. The second-order valence-electron chi connectivity index (χ2n) is 5.90. The maximum atomic E-state index is 12.0. The standard InChI is InChI=1S/C16H18ClN3O2/c1-9-8-14(21)19-20-15(9)10-2-4-11(5-3-10)18-16(22)12-6-7-13(12)17/h2-5,9,12-13H,6-8H2,1H3,(H,18,22)(H,19,21). The van der Waals surface area contributed by atoms with Crippen LogP contribution in [-0.4, -0.2) is 22.9 Å². The topological polar surface area (TPSA) is 70.6 Å². The maximum absolute atomic E-state index is 12.0. The molecule has 2 amide bonds. The van der Waals surface area contributed by atoms with Gasteiger partial charge in [-0.2, -0.15) is 5.10 Å². The quantitative estimate of drug-likeness (QED) is 0.840. The van der Waals surface area contributed by atoms with Crippen molar-refractivity contribution in [3.63, 3.8) is 0 Å². The van der Waals surface area contributed by atoms with Crippen LogP contribution in [0.1, 0.15) is 31.7 Å². The number of carbonyl (C=O) groups excluding carboxylic acids is 2. The van der Waals surface area contributed by atoms with Gasteiger partial charge in [0.2, 0.25) is 11.8 Å². The van der Waals surface area contributed by atoms with Gasteiger partial charge in [-0.1, -0.05) is 19.1 Å². The predicted octanol–water partition coefficient (Wildman–Crippen LogP) is 2.50. The van der Waals surface area contributed by atoms with Gasteiger partial charge in [0, 0.05) is 23.4 Å². The zero-order valence-corrected chi connectivity index (χ0v) is 13.1. The number of nitrogens with one attached hydrogen (secondary N) is 2. The number of nitrogens with zero attached hydrogens (tertiary/aromatic N) is 1. The van der Waals surface area contributed by atoms with Crippen LogP contribution in [-0.2, 0) is 9.59 Å². The minimum Gasteiger partial charge on any atom is -0.326 e. The summed E-state index contributed by atoms with van der Waals surface area (Å²) in [7, 11) is 0. The fourth-order valence-corrected chi connectivity index (χ4v) is 3.08.